The summed E-state index contributed by atoms with van der Waals surface area (Å²) in [6.45, 7) is 8.54. The zero-order valence-corrected chi connectivity index (χ0v) is 15.2. The molecule has 0 aliphatic carbocycles. The van der Waals surface area contributed by atoms with Crippen LogP contribution in [-0.4, -0.2) is 0 Å². The third kappa shape index (κ3) is 21.2. The van der Waals surface area contributed by atoms with E-state index in [9.17, 15) is 0 Å². The molecule has 1 heteroatoms. The van der Waals surface area contributed by atoms with Crippen LogP contribution in [0.1, 0.15) is 104 Å². The van der Waals surface area contributed by atoms with E-state index in [0.29, 0.717) is 0 Å². The van der Waals surface area contributed by atoms with Crippen LogP contribution >= 0.6 is 0 Å². The fourth-order valence-corrected chi connectivity index (χ4v) is 2.50. The van der Waals surface area contributed by atoms with Crippen LogP contribution in [0.3, 0.4) is 0 Å². The second kappa shape index (κ2) is 18.7. The van der Waals surface area contributed by atoms with Gasteiger partial charge in [-0.1, -0.05) is 97.3 Å². The van der Waals surface area contributed by atoms with E-state index < -0.39 is 0 Å². The van der Waals surface area contributed by atoms with Crippen molar-refractivity contribution in [3.63, 3.8) is 0 Å². The molecule has 0 saturated carbocycles. The van der Waals surface area contributed by atoms with Crippen LogP contribution in [0.5, 0.6) is 0 Å². The molecule has 0 nitrogen and oxygen atoms in total. The first-order valence-electron chi connectivity index (χ1n) is 8.56. The van der Waals surface area contributed by atoms with Crippen LogP contribution in [0.2, 0.25) is 0 Å². The molecule has 0 aromatic rings. The van der Waals surface area contributed by atoms with Gasteiger partial charge in [0.05, 0.1) is 0 Å². The molecule has 0 unspecified atom stereocenters. The van der Waals surface area contributed by atoms with Crippen molar-refractivity contribution in [2.75, 3.05) is 0 Å². The van der Waals surface area contributed by atoms with Crippen molar-refractivity contribution in [3.8, 4) is 0 Å². The molecular formula is C18H37Ti-. The average Bonchev–Trinajstić information content (AvgIpc) is 2.34. The van der Waals surface area contributed by atoms with Crippen LogP contribution in [0.4, 0.5) is 0 Å². The molecule has 19 heavy (non-hydrogen) atoms. The third-order valence-electron chi connectivity index (χ3n) is 3.78. The Balaban J connectivity index is 0. The van der Waals surface area contributed by atoms with E-state index >= 15 is 0 Å². The molecule has 0 saturated heterocycles. The standard InChI is InChI=1S/C18H37.Ti/c1-4-5-6-7-8-9-10-11-12-13-14-15-16-17-18(2)3;/h18H,1,4-17H2,2-3H3;/q-1;. The summed E-state index contributed by atoms with van der Waals surface area (Å²) in [6, 6.07) is 0. The molecule has 0 bridgehead atoms. The summed E-state index contributed by atoms with van der Waals surface area (Å²) in [4.78, 5) is 0. The van der Waals surface area contributed by atoms with Gasteiger partial charge in [-0.2, -0.15) is 6.42 Å². The second-order valence-electron chi connectivity index (χ2n) is 6.28. The normalized spacial score (nSPS) is 10.7. The first kappa shape index (κ1) is 22.0. The van der Waals surface area contributed by atoms with Gasteiger partial charge >= 0.3 is 0 Å². The van der Waals surface area contributed by atoms with E-state index in [4.69, 9.17) is 0 Å². The van der Waals surface area contributed by atoms with E-state index in [2.05, 4.69) is 20.8 Å². The minimum Gasteiger partial charge on any atom is -0.343 e. The largest absolute Gasteiger partial charge is 0.343 e. The molecule has 0 radical (unpaired) electrons. The van der Waals surface area contributed by atoms with Gasteiger partial charge in [-0.3, -0.25) is 0 Å². The van der Waals surface area contributed by atoms with E-state index in [1.54, 1.807) is 0 Å². The fraction of sp³-hybridized carbons (Fsp3) is 0.944. The Morgan fingerprint density at radius 2 is 0.895 bits per heavy atom. The van der Waals surface area contributed by atoms with Crippen LogP contribution < -0.4 is 0 Å². The van der Waals surface area contributed by atoms with Gasteiger partial charge in [0.2, 0.25) is 0 Å². The summed E-state index contributed by atoms with van der Waals surface area (Å²) in [5.74, 6) is 0.897. The van der Waals surface area contributed by atoms with Crippen LogP contribution in [0.25, 0.3) is 0 Å². The zero-order valence-electron chi connectivity index (χ0n) is 13.7. The zero-order chi connectivity index (χ0) is 13.5. The maximum atomic E-state index is 3.88. The van der Waals surface area contributed by atoms with Gasteiger partial charge in [-0.25, -0.2) is 0 Å². The van der Waals surface area contributed by atoms with Gasteiger partial charge in [-0.05, 0) is 5.92 Å². The topological polar surface area (TPSA) is 0 Å². The van der Waals surface area contributed by atoms with Gasteiger partial charge in [0.15, 0.2) is 0 Å². The Kier molecular flexibility index (Phi) is 21.7. The first-order valence-corrected chi connectivity index (χ1v) is 8.56. The van der Waals surface area contributed by atoms with Crippen molar-refractivity contribution in [2.24, 2.45) is 5.92 Å². The maximum absolute atomic E-state index is 3.88. The summed E-state index contributed by atoms with van der Waals surface area (Å²) in [5.41, 5.74) is 0. The number of hydrogen-bond donors (Lipinski definition) is 0. The molecule has 0 fully saturated rings. The van der Waals surface area contributed by atoms with Crippen molar-refractivity contribution in [1.82, 2.24) is 0 Å². The Labute approximate surface area is 138 Å². The predicted molar refractivity (Wildman–Crippen MR) is 84.8 cm³/mol. The first-order chi connectivity index (χ1) is 8.77. The number of unbranched alkanes of at least 4 members (excludes halogenated alkanes) is 12. The minimum absolute atomic E-state index is 0. The summed E-state index contributed by atoms with van der Waals surface area (Å²) in [5, 5.41) is 0. The molecule has 0 aromatic heterocycles. The maximum Gasteiger partial charge on any atom is 0 e. The van der Waals surface area contributed by atoms with Crippen LogP contribution in [0, 0.1) is 12.8 Å². The van der Waals surface area contributed by atoms with Crippen molar-refractivity contribution < 1.29 is 21.7 Å². The SMILES string of the molecule is [CH2-]CCCCCCCCCCCCCCC(C)C.[Ti]. The molecule has 0 aromatic carbocycles. The third-order valence-corrected chi connectivity index (χ3v) is 3.78. The van der Waals surface area contributed by atoms with Crippen LogP contribution in [-0.2, 0) is 21.7 Å². The number of hydrogen-bond acceptors (Lipinski definition) is 0. The fourth-order valence-electron chi connectivity index (χ4n) is 2.50. The molecule has 0 atom stereocenters. The molecule has 0 rings (SSSR count). The van der Waals surface area contributed by atoms with Gasteiger partial charge in [0, 0.05) is 21.7 Å². The predicted octanol–water partition coefficient (Wildman–Crippen LogP) is 6.94. The average molecular weight is 301 g/mol. The van der Waals surface area contributed by atoms with E-state index in [-0.39, 0.29) is 21.7 Å². The van der Waals surface area contributed by atoms with Gasteiger partial charge < -0.3 is 6.92 Å². The van der Waals surface area contributed by atoms with Crippen LogP contribution in [0.15, 0.2) is 0 Å². The molecule has 0 spiro atoms. The molecular weight excluding hydrogens is 264 g/mol. The van der Waals surface area contributed by atoms with Crippen molar-refractivity contribution in [3.05, 3.63) is 6.92 Å². The molecule has 0 aliphatic heterocycles. The van der Waals surface area contributed by atoms with Gasteiger partial charge in [0.1, 0.15) is 0 Å². The summed E-state index contributed by atoms with van der Waals surface area (Å²) in [6.07, 6.45) is 19.9. The van der Waals surface area contributed by atoms with Crippen molar-refractivity contribution >= 4 is 0 Å². The molecule has 0 N–H and O–H groups in total. The smallest absolute Gasteiger partial charge is 0 e. The molecule has 0 aliphatic rings. The van der Waals surface area contributed by atoms with Gasteiger partial charge in [-0.15, -0.1) is 0 Å². The van der Waals surface area contributed by atoms with Crippen molar-refractivity contribution in [1.29, 1.82) is 0 Å². The molecule has 0 amide bonds. The van der Waals surface area contributed by atoms with E-state index in [1.165, 1.54) is 83.5 Å². The molecule has 114 valence electrons. The Morgan fingerprint density at radius 3 is 1.21 bits per heavy atom. The Hall–Kier alpha value is 0.714. The number of rotatable bonds is 14. The summed E-state index contributed by atoms with van der Waals surface area (Å²) in [7, 11) is 0. The van der Waals surface area contributed by atoms with E-state index in [0.717, 1.165) is 12.3 Å². The second-order valence-corrected chi connectivity index (χ2v) is 6.28. The summed E-state index contributed by atoms with van der Waals surface area (Å²) >= 11 is 0. The minimum atomic E-state index is 0. The Morgan fingerprint density at radius 1 is 0.579 bits per heavy atom. The van der Waals surface area contributed by atoms with E-state index in [1.807, 2.05) is 0 Å². The molecule has 0 heterocycles. The quantitative estimate of drug-likeness (QED) is 0.185. The monoisotopic (exact) mass is 301 g/mol. The van der Waals surface area contributed by atoms with Crippen molar-refractivity contribution in [2.45, 2.75) is 104 Å². The summed E-state index contributed by atoms with van der Waals surface area (Å²) < 4.78 is 0. The Bertz CT molecular complexity index is 143. The van der Waals surface area contributed by atoms with Gasteiger partial charge in [0.25, 0.3) is 0 Å².